The first-order valence-electron chi connectivity index (χ1n) is 6.65. The maximum atomic E-state index is 9.09. The summed E-state index contributed by atoms with van der Waals surface area (Å²) in [4.78, 5) is 2.34. The Bertz CT molecular complexity index is 352. The molecule has 0 aliphatic carbocycles. The predicted molar refractivity (Wildman–Crippen MR) is 76.4 cm³/mol. The average Bonchev–Trinajstić information content (AvgIpc) is 2.36. The number of likely N-dealkylation sites (N-methyl/N-ethyl adjacent to an activating group) is 1. The minimum Gasteiger partial charge on any atom is -0.392 e. The fourth-order valence-corrected chi connectivity index (χ4v) is 1.84. The van der Waals surface area contributed by atoms with Crippen molar-refractivity contribution in [3.8, 4) is 0 Å². The average molecular weight is 250 g/mol. The van der Waals surface area contributed by atoms with Gasteiger partial charge in [-0.3, -0.25) is 0 Å². The summed E-state index contributed by atoms with van der Waals surface area (Å²) in [5.41, 5.74) is 2.20. The van der Waals surface area contributed by atoms with Crippen LogP contribution >= 0.6 is 0 Å². The fraction of sp³-hybridized carbons (Fsp3) is 0.600. The highest BCUT2D eigenvalue weighted by atomic mass is 16.3. The molecule has 0 fully saturated rings. The SMILES string of the molecule is CC(CN(C)C(C)C)NCc1cccc(CO)c1. The Balaban J connectivity index is 2.39. The van der Waals surface area contributed by atoms with E-state index in [1.807, 2.05) is 18.2 Å². The molecule has 0 aromatic heterocycles. The highest BCUT2D eigenvalue weighted by molar-refractivity contribution is 5.22. The van der Waals surface area contributed by atoms with E-state index in [4.69, 9.17) is 5.11 Å². The van der Waals surface area contributed by atoms with Crippen LogP contribution in [-0.4, -0.2) is 35.7 Å². The third kappa shape index (κ3) is 5.17. The van der Waals surface area contributed by atoms with E-state index in [1.165, 1.54) is 5.56 Å². The second-order valence-corrected chi connectivity index (χ2v) is 5.29. The molecule has 0 spiro atoms. The predicted octanol–water partition coefficient (Wildman–Crippen LogP) is 2.00. The van der Waals surface area contributed by atoms with Crippen molar-refractivity contribution in [2.45, 2.75) is 46.0 Å². The second kappa shape index (κ2) is 7.52. The van der Waals surface area contributed by atoms with E-state index in [1.54, 1.807) is 0 Å². The van der Waals surface area contributed by atoms with Gasteiger partial charge in [0.2, 0.25) is 0 Å². The van der Waals surface area contributed by atoms with E-state index >= 15 is 0 Å². The van der Waals surface area contributed by atoms with Crippen LogP contribution in [0.4, 0.5) is 0 Å². The summed E-state index contributed by atoms with van der Waals surface area (Å²) in [6.45, 7) is 8.61. The molecule has 1 atom stereocenters. The van der Waals surface area contributed by atoms with Crippen molar-refractivity contribution < 1.29 is 5.11 Å². The zero-order valence-corrected chi connectivity index (χ0v) is 12.0. The van der Waals surface area contributed by atoms with Crippen molar-refractivity contribution in [2.24, 2.45) is 0 Å². The summed E-state index contributed by atoms with van der Waals surface area (Å²) in [6, 6.07) is 9.10. The van der Waals surface area contributed by atoms with E-state index in [2.05, 4.69) is 44.1 Å². The Kier molecular flexibility index (Phi) is 6.33. The van der Waals surface area contributed by atoms with Gasteiger partial charge in [-0.05, 0) is 38.9 Å². The van der Waals surface area contributed by atoms with Gasteiger partial charge in [0, 0.05) is 25.2 Å². The number of benzene rings is 1. The lowest BCUT2D eigenvalue weighted by Crippen LogP contribution is -2.39. The number of aliphatic hydroxyl groups excluding tert-OH is 1. The quantitative estimate of drug-likeness (QED) is 0.777. The van der Waals surface area contributed by atoms with Crippen molar-refractivity contribution in [3.63, 3.8) is 0 Å². The molecule has 0 saturated heterocycles. The number of aliphatic hydroxyl groups is 1. The molecule has 18 heavy (non-hydrogen) atoms. The van der Waals surface area contributed by atoms with Crippen molar-refractivity contribution in [3.05, 3.63) is 35.4 Å². The van der Waals surface area contributed by atoms with Gasteiger partial charge in [0.25, 0.3) is 0 Å². The van der Waals surface area contributed by atoms with E-state index in [0.717, 1.165) is 18.7 Å². The van der Waals surface area contributed by atoms with Gasteiger partial charge in [0.1, 0.15) is 0 Å². The van der Waals surface area contributed by atoms with Gasteiger partial charge in [-0.1, -0.05) is 24.3 Å². The van der Waals surface area contributed by atoms with Crippen LogP contribution < -0.4 is 5.32 Å². The topological polar surface area (TPSA) is 35.5 Å². The standard InChI is InChI=1S/C15H26N2O/c1-12(2)17(4)10-13(3)16-9-14-6-5-7-15(8-14)11-18/h5-8,12-13,16,18H,9-11H2,1-4H3. The molecule has 0 aliphatic rings. The highest BCUT2D eigenvalue weighted by Gasteiger charge is 2.08. The zero-order chi connectivity index (χ0) is 13.5. The highest BCUT2D eigenvalue weighted by Crippen LogP contribution is 2.05. The molecular formula is C15H26N2O. The third-order valence-corrected chi connectivity index (χ3v) is 3.27. The molecule has 0 amide bonds. The van der Waals surface area contributed by atoms with Gasteiger partial charge in [0.05, 0.1) is 6.61 Å². The maximum absolute atomic E-state index is 9.09. The fourth-order valence-electron chi connectivity index (χ4n) is 1.84. The van der Waals surface area contributed by atoms with Gasteiger partial charge in [0.15, 0.2) is 0 Å². The lowest BCUT2D eigenvalue weighted by molar-refractivity contribution is 0.246. The Hall–Kier alpha value is -0.900. The smallest absolute Gasteiger partial charge is 0.0681 e. The van der Waals surface area contributed by atoms with Crippen LogP contribution in [0.15, 0.2) is 24.3 Å². The molecule has 0 radical (unpaired) electrons. The number of rotatable bonds is 7. The number of nitrogens with zero attached hydrogens (tertiary/aromatic N) is 1. The molecule has 0 heterocycles. The Morgan fingerprint density at radius 2 is 1.89 bits per heavy atom. The summed E-state index contributed by atoms with van der Waals surface area (Å²) in [7, 11) is 2.15. The summed E-state index contributed by atoms with van der Waals surface area (Å²) >= 11 is 0. The van der Waals surface area contributed by atoms with Crippen molar-refractivity contribution >= 4 is 0 Å². The van der Waals surface area contributed by atoms with Crippen LogP contribution in [0.5, 0.6) is 0 Å². The molecule has 0 bridgehead atoms. The molecule has 1 aromatic rings. The summed E-state index contributed by atoms with van der Waals surface area (Å²) in [6.07, 6.45) is 0. The third-order valence-electron chi connectivity index (χ3n) is 3.27. The van der Waals surface area contributed by atoms with Crippen LogP contribution in [0, 0.1) is 0 Å². The van der Waals surface area contributed by atoms with Crippen molar-refractivity contribution in [2.75, 3.05) is 13.6 Å². The van der Waals surface area contributed by atoms with E-state index in [0.29, 0.717) is 12.1 Å². The molecule has 3 nitrogen and oxygen atoms in total. The van der Waals surface area contributed by atoms with Gasteiger partial charge in [-0.15, -0.1) is 0 Å². The second-order valence-electron chi connectivity index (χ2n) is 5.29. The van der Waals surface area contributed by atoms with E-state index < -0.39 is 0 Å². The minimum atomic E-state index is 0.111. The molecule has 0 saturated carbocycles. The largest absolute Gasteiger partial charge is 0.392 e. The van der Waals surface area contributed by atoms with Crippen LogP contribution in [-0.2, 0) is 13.2 Å². The van der Waals surface area contributed by atoms with E-state index in [-0.39, 0.29) is 6.61 Å². The maximum Gasteiger partial charge on any atom is 0.0681 e. The first kappa shape index (κ1) is 15.2. The molecule has 1 unspecified atom stereocenters. The van der Waals surface area contributed by atoms with Crippen LogP contribution in [0.2, 0.25) is 0 Å². The zero-order valence-electron chi connectivity index (χ0n) is 12.0. The van der Waals surface area contributed by atoms with E-state index in [9.17, 15) is 0 Å². The summed E-state index contributed by atoms with van der Waals surface area (Å²) in [5, 5.41) is 12.6. The molecule has 3 heteroatoms. The Labute approximate surface area is 111 Å². The van der Waals surface area contributed by atoms with Gasteiger partial charge >= 0.3 is 0 Å². The normalized spacial score (nSPS) is 13.3. The molecular weight excluding hydrogens is 224 g/mol. The number of nitrogens with one attached hydrogen (secondary N) is 1. The first-order chi connectivity index (χ1) is 8.52. The van der Waals surface area contributed by atoms with Crippen LogP contribution in [0.25, 0.3) is 0 Å². The molecule has 1 rings (SSSR count). The van der Waals surface area contributed by atoms with Crippen molar-refractivity contribution in [1.29, 1.82) is 0 Å². The van der Waals surface area contributed by atoms with Crippen molar-refractivity contribution in [1.82, 2.24) is 10.2 Å². The van der Waals surface area contributed by atoms with Gasteiger partial charge < -0.3 is 15.3 Å². The summed E-state index contributed by atoms with van der Waals surface area (Å²) in [5.74, 6) is 0. The van der Waals surface area contributed by atoms with Crippen LogP contribution in [0.3, 0.4) is 0 Å². The first-order valence-corrected chi connectivity index (χ1v) is 6.65. The van der Waals surface area contributed by atoms with Gasteiger partial charge in [-0.25, -0.2) is 0 Å². The Morgan fingerprint density at radius 1 is 1.22 bits per heavy atom. The molecule has 2 N–H and O–H groups in total. The monoisotopic (exact) mass is 250 g/mol. The molecule has 0 aliphatic heterocycles. The van der Waals surface area contributed by atoms with Crippen LogP contribution in [0.1, 0.15) is 31.9 Å². The number of hydrogen-bond donors (Lipinski definition) is 2. The summed E-state index contributed by atoms with van der Waals surface area (Å²) < 4.78 is 0. The lowest BCUT2D eigenvalue weighted by Gasteiger charge is -2.25. The minimum absolute atomic E-state index is 0.111. The Morgan fingerprint density at radius 3 is 2.50 bits per heavy atom. The number of hydrogen-bond acceptors (Lipinski definition) is 3. The van der Waals surface area contributed by atoms with Gasteiger partial charge in [-0.2, -0.15) is 0 Å². The molecule has 102 valence electrons. The lowest BCUT2D eigenvalue weighted by atomic mass is 10.1. The molecule has 1 aromatic carbocycles.